The monoisotopic (exact) mass is 337 g/mol. The van der Waals surface area contributed by atoms with Crippen molar-refractivity contribution < 1.29 is 23.0 Å². The molecule has 0 aliphatic heterocycles. The summed E-state index contributed by atoms with van der Waals surface area (Å²) in [4.78, 5) is 0. The molecule has 0 spiro atoms. The second-order valence-electron chi connectivity index (χ2n) is 4.05. The first kappa shape index (κ1) is 12.6. The number of rotatable bonds is 4. The van der Waals surface area contributed by atoms with Gasteiger partial charge in [-0.1, -0.05) is 0 Å². The van der Waals surface area contributed by atoms with E-state index in [1.54, 1.807) is 0 Å². The van der Waals surface area contributed by atoms with E-state index < -0.39 is 23.0 Å². The topological polar surface area (TPSA) is 24.4 Å². The molecule has 0 aliphatic rings. The first-order valence-corrected chi connectivity index (χ1v) is 8.12. The van der Waals surface area contributed by atoms with Gasteiger partial charge in [-0.05, 0) is 0 Å². The number of nitrogens with zero attached hydrogens (tertiary/aromatic N) is 1. The Balaban J connectivity index is 3.73. The number of nitrogens with one attached hydrogen (secondary N) is 1. The Morgan fingerprint density at radius 1 is 1.25 bits per heavy atom. The first-order valence-electron chi connectivity index (χ1n) is 4.72. The van der Waals surface area contributed by atoms with Crippen LogP contribution in [0.2, 0.25) is 0 Å². The molecule has 0 heterocycles. The summed E-state index contributed by atoms with van der Waals surface area (Å²) < 4.78 is 8.28. The summed E-state index contributed by atoms with van der Waals surface area (Å²) in [5, 5.41) is 0. The van der Waals surface area contributed by atoms with Crippen LogP contribution in [-0.2, 0) is 23.0 Å². The van der Waals surface area contributed by atoms with Crippen molar-refractivity contribution in [3.8, 4) is 0 Å². The van der Waals surface area contributed by atoms with Gasteiger partial charge >= 0.3 is 88.3 Å². The number of hydrogen-bond donors (Lipinski definition) is 1. The summed E-state index contributed by atoms with van der Waals surface area (Å²) in [6.07, 6.45) is 2.48. The Kier molecular flexibility index (Phi) is 6.46. The van der Waals surface area contributed by atoms with Gasteiger partial charge in [-0.15, -0.1) is 0 Å². The van der Waals surface area contributed by atoms with Gasteiger partial charge in [0.2, 0.25) is 0 Å². The summed E-state index contributed by atoms with van der Waals surface area (Å²) in [5.41, 5.74) is 0.183. The van der Waals surface area contributed by atoms with E-state index in [1.807, 2.05) is 0 Å². The summed E-state index contributed by atoms with van der Waals surface area (Å²) in [6, 6.07) is 0.722. The van der Waals surface area contributed by atoms with Crippen LogP contribution in [-0.4, -0.2) is 11.6 Å². The number of hydrogen-bond acceptors (Lipinski definition) is 1. The van der Waals surface area contributed by atoms with E-state index in [0.717, 1.165) is 6.04 Å². The predicted octanol–water partition coefficient (Wildman–Crippen LogP) is 2.74. The van der Waals surface area contributed by atoms with E-state index in [9.17, 15) is 0 Å². The molecule has 0 saturated carbocycles. The third-order valence-electron chi connectivity index (χ3n) is 1.65. The maximum atomic E-state index is 4.68. The van der Waals surface area contributed by atoms with Crippen LogP contribution in [0, 0.1) is 0 Å². The molecule has 0 radical (unpaired) electrons. The third kappa shape index (κ3) is 7.29. The molecule has 0 unspecified atom stereocenters. The van der Waals surface area contributed by atoms with Crippen molar-refractivity contribution in [2.75, 3.05) is 0 Å². The van der Waals surface area contributed by atoms with Crippen molar-refractivity contribution in [1.29, 1.82) is 0 Å². The molecule has 0 aliphatic carbocycles. The van der Waals surface area contributed by atoms with E-state index in [-0.39, 0.29) is 5.54 Å². The molecule has 0 aromatic heterocycles. The zero-order chi connectivity index (χ0) is 9.61. The van der Waals surface area contributed by atoms with Gasteiger partial charge < -0.3 is 0 Å². The van der Waals surface area contributed by atoms with Crippen LogP contribution >= 0.6 is 0 Å². The molecule has 0 bridgehead atoms. The summed E-state index contributed by atoms with van der Waals surface area (Å²) in [7, 11) is 0. The standard InChI is InChI=1S/C5H12N.C4H9N.Hf/c1-3-5(6)4-2;1-4(2,3)5;/h5-6H,3-4H2,1-2H3;1-3H3;/q-1;;+1. The molecule has 71 valence electrons. The Bertz CT molecular complexity index is 134. The normalized spacial score (nSPS) is 12.5. The van der Waals surface area contributed by atoms with Crippen molar-refractivity contribution in [1.82, 2.24) is 3.30 Å². The van der Waals surface area contributed by atoms with Gasteiger partial charge in [0.15, 0.2) is 0 Å². The molecule has 0 aromatic carbocycles. The fourth-order valence-electron chi connectivity index (χ4n) is 0.784. The van der Waals surface area contributed by atoms with E-state index in [1.165, 1.54) is 12.8 Å². The second kappa shape index (κ2) is 6.14. The molecule has 2 nitrogen and oxygen atoms in total. The van der Waals surface area contributed by atoms with Gasteiger partial charge in [-0.25, -0.2) is 0 Å². The van der Waals surface area contributed by atoms with E-state index in [4.69, 9.17) is 0 Å². The third-order valence-corrected chi connectivity index (χ3v) is 6.39. The fraction of sp³-hybridized carbons (Fsp3) is 1.00. The Hall–Kier alpha value is 0.630. The van der Waals surface area contributed by atoms with Crippen molar-refractivity contribution in [3.63, 3.8) is 0 Å². The van der Waals surface area contributed by atoms with Crippen molar-refractivity contribution in [3.05, 3.63) is 0 Å². The maximum absolute atomic E-state index is 4.68. The predicted molar refractivity (Wildman–Crippen MR) is 49.7 cm³/mol. The Morgan fingerprint density at radius 2 is 1.75 bits per heavy atom. The summed E-state index contributed by atoms with van der Waals surface area (Å²) >= 11 is -0.857. The van der Waals surface area contributed by atoms with Gasteiger partial charge in [-0.3, -0.25) is 0 Å². The van der Waals surface area contributed by atoms with Crippen molar-refractivity contribution in [2.24, 2.45) is 2.92 Å². The molecule has 0 fully saturated rings. The van der Waals surface area contributed by atoms with E-state index in [2.05, 4.69) is 40.8 Å². The van der Waals surface area contributed by atoms with Crippen molar-refractivity contribution >= 4 is 0 Å². The van der Waals surface area contributed by atoms with Crippen LogP contribution in [0.25, 0.3) is 0 Å². The van der Waals surface area contributed by atoms with Gasteiger partial charge in [0, 0.05) is 0 Å². The fourth-order valence-corrected chi connectivity index (χ4v) is 4.34. The molecule has 3 heteroatoms. The zero-order valence-electron chi connectivity index (χ0n) is 8.94. The molecule has 12 heavy (non-hydrogen) atoms. The molecule has 1 N–H and O–H groups in total. The Morgan fingerprint density at radius 3 is 2.08 bits per heavy atom. The second-order valence-corrected chi connectivity index (χ2v) is 6.70. The van der Waals surface area contributed by atoms with Gasteiger partial charge in [0.25, 0.3) is 0 Å². The Labute approximate surface area is 88.2 Å². The molecule has 0 atom stereocenters. The van der Waals surface area contributed by atoms with Crippen LogP contribution in [0.15, 0.2) is 2.92 Å². The minimum atomic E-state index is -0.857. The van der Waals surface area contributed by atoms with Gasteiger partial charge in [0.1, 0.15) is 0 Å². The molecule has 0 aromatic rings. The van der Waals surface area contributed by atoms with E-state index >= 15 is 0 Å². The summed E-state index contributed by atoms with van der Waals surface area (Å²) in [5.74, 6) is 0. The van der Waals surface area contributed by atoms with Gasteiger partial charge in [0.05, 0.1) is 0 Å². The average Bonchev–Trinajstić information content (AvgIpc) is 1.96. The molecular formula is C9H21HfN2. The first-order chi connectivity index (χ1) is 5.49. The van der Waals surface area contributed by atoms with Gasteiger partial charge in [-0.2, -0.15) is 0 Å². The summed E-state index contributed by atoms with van der Waals surface area (Å²) in [6.45, 7) is 11.0. The van der Waals surface area contributed by atoms with Crippen LogP contribution in [0.3, 0.4) is 0 Å². The molecule has 0 amide bonds. The van der Waals surface area contributed by atoms with Crippen LogP contribution in [0.5, 0.6) is 0 Å². The minimum absolute atomic E-state index is 0.183. The molecular weight excluding hydrogens is 315 g/mol. The van der Waals surface area contributed by atoms with E-state index in [0.29, 0.717) is 0 Å². The molecule has 0 saturated heterocycles. The average molecular weight is 336 g/mol. The SMILES string of the molecule is CCC(CC)[NH]/[Hf]=[N]/C(C)(C)C. The van der Waals surface area contributed by atoms with Crippen LogP contribution in [0.1, 0.15) is 47.5 Å². The molecule has 0 rings (SSSR count). The zero-order valence-corrected chi connectivity index (χ0v) is 12.5. The van der Waals surface area contributed by atoms with Crippen molar-refractivity contribution in [2.45, 2.75) is 59.0 Å². The van der Waals surface area contributed by atoms with Crippen LogP contribution < -0.4 is 3.30 Å². The van der Waals surface area contributed by atoms with Crippen LogP contribution in [0.4, 0.5) is 0 Å². The quantitative estimate of drug-likeness (QED) is 0.785.